The summed E-state index contributed by atoms with van der Waals surface area (Å²) in [6.45, 7) is 1.72. The average Bonchev–Trinajstić information content (AvgIpc) is 2.77. The molecule has 0 amide bonds. The summed E-state index contributed by atoms with van der Waals surface area (Å²) in [6, 6.07) is 0. The maximum absolute atomic E-state index is 11.0. The smallest absolute Gasteiger partial charge is 0.208 e. The Bertz CT molecular complexity index is 616. The first-order valence-electron chi connectivity index (χ1n) is 5.19. The van der Waals surface area contributed by atoms with Crippen molar-refractivity contribution in [1.82, 2.24) is 20.2 Å². The van der Waals surface area contributed by atoms with Gasteiger partial charge < -0.3 is 4.90 Å². The summed E-state index contributed by atoms with van der Waals surface area (Å²) in [5.41, 5.74) is 0.277. The van der Waals surface area contributed by atoms with E-state index >= 15 is 0 Å². The first-order valence-corrected chi connectivity index (χ1v) is 7.20. The Morgan fingerprint density at radius 3 is 2.63 bits per heavy atom. The molecule has 0 bridgehead atoms. The Kier molecular flexibility index (Phi) is 4.33. The summed E-state index contributed by atoms with van der Waals surface area (Å²) >= 11 is 8.59. The molecular formula is C10H10ClN5OS2. The van der Waals surface area contributed by atoms with Crippen LogP contribution in [0.4, 0.5) is 5.13 Å². The van der Waals surface area contributed by atoms with Gasteiger partial charge in [0.15, 0.2) is 10.6 Å². The van der Waals surface area contributed by atoms with E-state index in [1.54, 1.807) is 6.92 Å². The minimum atomic E-state index is 0.155. The third-order valence-electron chi connectivity index (χ3n) is 2.06. The van der Waals surface area contributed by atoms with Crippen LogP contribution in [0, 0.1) is 6.92 Å². The number of nitrogens with zero attached hydrogens (tertiary/aromatic N) is 5. The van der Waals surface area contributed by atoms with Crippen LogP contribution < -0.4 is 4.90 Å². The van der Waals surface area contributed by atoms with Crippen molar-refractivity contribution in [3.8, 4) is 0 Å². The summed E-state index contributed by atoms with van der Waals surface area (Å²) in [5, 5.41) is 9.49. The Balaban J connectivity index is 2.34. The summed E-state index contributed by atoms with van der Waals surface area (Å²) in [6.07, 6.45) is 0.651. The first kappa shape index (κ1) is 14.2. The van der Waals surface area contributed by atoms with Crippen LogP contribution in [0.5, 0.6) is 0 Å². The van der Waals surface area contributed by atoms with Gasteiger partial charge in [0.25, 0.3) is 0 Å². The van der Waals surface area contributed by atoms with Gasteiger partial charge in [0.2, 0.25) is 5.13 Å². The van der Waals surface area contributed by atoms with Gasteiger partial charge >= 0.3 is 0 Å². The second-order valence-electron chi connectivity index (χ2n) is 3.75. The molecule has 19 heavy (non-hydrogen) atoms. The van der Waals surface area contributed by atoms with Gasteiger partial charge in [-0.15, -0.1) is 10.2 Å². The third-order valence-corrected chi connectivity index (χ3v) is 4.49. The maximum Gasteiger partial charge on any atom is 0.208 e. The quantitative estimate of drug-likeness (QED) is 0.633. The fourth-order valence-electron chi connectivity index (χ4n) is 1.21. The minimum Gasteiger partial charge on any atom is -0.353 e. The lowest BCUT2D eigenvalue weighted by Crippen LogP contribution is -2.07. The van der Waals surface area contributed by atoms with Crippen LogP contribution in [0.25, 0.3) is 0 Å². The van der Waals surface area contributed by atoms with E-state index in [9.17, 15) is 4.79 Å². The largest absolute Gasteiger partial charge is 0.353 e. The van der Waals surface area contributed by atoms with Gasteiger partial charge in [-0.3, -0.25) is 4.79 Å². The molecule has 100 valence electrons. The average molecular weight is 316 g/mol. The normalized spacial score (nSPS) is 10.5. The van der Waals surface area contributed by atoms with Gasteiger partial charge in [-0.2, -0.15) is 0 Å². The van der Waals surface area contributed by atoms with Crippen molar-refractivity contribution in [3.63, 3.8) is 0 Å². The number of aldehydes is 1. The van der Waals surface area contributed by atoms with E-state index in [0.29, 0.717) is 21.5 Å². The fourth-order valence-corrected chi connectivity index (χ4v) is 3.33. The van der Waals surface area contributed by atoms with Crippen molar-refractivity contribution in [3.05, 3.63) is 16.5 Å². The highest BCUT2D eigenvalue weighted by Gasteiger charge is 2.15. The topological polar surface area (TPSA) is 71.9 Å². The summed E-state index contributed by atoms with van der Waals surface area (Å²) in [5.74, 6) is 0.510. The lowest BCUT2D eigenvalue weighted by molar-refractivity contribution is 0.112. The van der Waals surface area contributed by atoms with E-state index in [2.05, 4.69) is 20.2 Å². The molecule has 0 atom stereocenters. The van der Waals surface area contributed by atoms with Gasteiger partial charge in [0, 0.05) is 14.1 Å². The number of halogens is 1. The molecule has 0 spiro atoms. The van der Waals surface area contributed by atoms with Gasteiger partial charge in [-0.1, -0.05) is 22.9 Å². The highest BCUT2D eigenvalue weighted by atomic mass is 35.5. The summed E-state index contributed by atoms with van der Waals surface area (Å²) < 4.78 is 0.695. The number of hydrogen-bond donors (Lipinski definition) is 0. The highest BCUT2D eigenvalue weighted by Crippen LogP contribution is 2.34. The lowest BCUT2D eigenvalue weighted by atomic mass is 10.4. The Labute approximate surface area is 123 Å². The van der Waals surface area contributed by atoms with E-state index in [1.165, 1.54) is 23.1 Å². The summed E-state index contributed by atoms with van der Waals surface area (Å²) in [7, 11) is 3.77. The van der Waals surface area contributed by atoms with Crippen LogP contribution in [0.1, 0.15) is 16.2 Å². The zero-order chi connectivity index (χ0) is 14.0. The lowest BCUT2D eigenvalue weighted by Gasteiger charge is -2.04. The Morgan fingerprint density at radius 1 is 1.32 bits per heavy atom. The fraction of sp³-hybridized carbons (Fsp3) is 0.300. The maximum atomic E-state index is 11.0. The number of rotatable bonds is 4. The third kappa shape index (κ3) is 3.20. The van der Waals surface area contributed by atoms with Gasteiger partial charge in [0.1, 0.15) is 16.0 Å². The number of aromatic nitrogens is 4. The molecule has 2 aromatic rings. The van der Waals surface area contributed by atoms with Crippen molar-refractivity contribution in [1.29, 1.82) is 0 Å². The van der Waals surface area contributed by atoms with E-state index in [1.807, 2.05) is 19.0 Å². The first-order chi connectivity index (χ1) is 9.01. The second kappa shape index (κ2) is 5.81. The SMILES string of the molecule is Cc1nc(Cl)c(C=O)c(Sc2nnc(N(C)C)s2)n1. The molecule has 0 saturated heterocycles. The standard InChI is InChI=1S/C10H10ClN5OS2/c1-5-12-7(11)6(4-17)8(13-5)18-10-15-14-9(19-10)16(2)3/h4H,1-3H3. The second-order valence-corrected chi connectivity index (χ2v) is 6.30. The molecule has 9 heteroatoms. The van der Waals surface area contributed by atoms with Crippen LogP contribution in [-0.2, 0) is 0 Å². The molecule has 0 saturated carbocycles. The molecular weight excluding hydrogens is 306 g/mol. The van der Waals surface area contributed by atoms with Crippen molar-refractivity contribution in [2.24, 2.45) is 0 Å². The van der Waals surface area contributed by atoms with Crippen LogP contribution in [0.15, 0.2) is 9.37 Å². The molecule has 6 nitrogen and oxygen atoms in total. The van der Waals surface area contributed by atoms with Crippen LogP contribution in [0.3, 0.4) is 0 Å². The number of aryl methyl sites for hydroxylation is 1. The molecule has 0 aromatic carbocycles. The summed E-state index contributed by atoms with van der Waals surface area (Å²) in [4.78, 5) is 21.1. The molecule has 0 aliphatic carbocycles. The zero-order valence-corrected chi connectivity index (χ0v) is 12.8. The number of carbonyl (C=O) groups excluding carboxylic acids is 1. The molecule has 2 rings (SSSR count). The molecule has 0 fully saturated rings. The molecule has 2 aromatic heterocycles. The van der Waals surface area contributed by atoms with E-state index in [4.69, 9.17) is 11.6 Å². The highest BCUT2D eigenvalue weighted by molar-refractivity contribution is 8.01. The molecule has 2 heterocycles. The molecule has 0 unspecified atom stereocenters. The number of anilines is 1. The van der Waals surface area contributed by atoms with E-state index < -0.39 is 0 Å². The Hall–Kier alpha value is -1.25. The molecule has 0 radical (unpaired) electrons. The monoisotopic (exact) mass is 315 g/mol. The zero-order valence-electron chi connectivity index (χ0n) is 10.4. The van der Waals surface area contributed by atoms with Crippen LogP contribution in [0.2, 0.25) is 5.15 Å². The van der Waals surface area contributed by atoms with Crippen LogP contribution >= 0.6 is 34.7 Å². The van der Waals surface area contributed by atoms with Gasteiger partial charge in [0.05, 0.1) is 5.56 Å². The van der Waals surface area contributed by atoms with Gasteiger partial charge in [-0.05, 0) is 18.7 Å². The van der Waals surface area contributed by atoms with Crippen molar-refractivity contribution in [2.75, 3.05) is 19.0 Å². The van der Waals surface area contributed by atoms with Gasteiger partial charge in [-0.25, -0.2) is 9.97 Å². The van der Waals surface area contributed by atoms with Crippen molar-refractivity contribution >= 4 is 46.1 Å². The van der Waals surface area contributed by atoms with Crippen molar-refractivity contribution in [2.45, 2.75) is 16.3 Å². The Morgan fingerprint density at radius 2 is 2.05 bits per heavy atom. The molecule has 0 aliphatic heterocycles. The predicted molar refractivity (Wildman–Crippen MR) is 75.5 cm³/mol. The van der Waals surface area contributed by atoms with Crippen LogP contribution in [-0.4, -0.2) is 40.5 Å². The molecule has 0 N–H and O–H groups in total. The van der Waals surface area contributed by atoms with E-state index in [0.717, 1.165) is 5.13 Å². The predicted octanol–water partition coefficient (Wildman–Crippen LogP) is 2.32. The van der Waals surface area contributed by atoms with E-state index in [-0.39, 0.29) is 10.7 Å². The number of carbonyl (C=O) groups is 1. The minimum absolute atomic E-state index is 0.155. The molecule has 0 aliphatic rings. The number of hydrogen-bond acceptors (Lipinski definition) is 8. The van der Waals surface area contributed by atoms with Crippen molar-refractivity contribution < 1.29 is 4.79 Å².